The Morgan fingerprint density at radius 3 is 2.40 bits per heavy atom. The van der Waals surface area contributed by atoms with E-state index in [1.54, 1.807) is 49.4 Å². The lowest BCUT2D eigenvalue weighted by Gasteiger charge is -2.11. The van der Waals surface area contributed by atoms with E-state index in [1.807, 2.05) is 0 Å². The van der Waals surface area contributed by atoms with Crippen LogP contribution in [0.4, 0.5) is 5.69 Å². The highest BCUT2D eigenvalue weighted by molar-refractivity contribution is 7.93. The van der Waals surface area contributed by atoms with Crippen LogP contribution in [0.5, 0.6) is 0 Å². The summed E-state index contributed by atoms with van der Waals surface area (Å²) in [6, 6.07) is 12.1. The van der Waals surface area contributed by atoms with E-state index in [-0.39, 0.29) is 9.32 Å². The van der Waals surface area contributed by atoms with Crippen LogP contribution in [0.3, 0.4) is 0 Å². The standard InChI is InChI=1S/C16H12Cl2N2O2S3/c1-9-13-8-11(18)4-7-14(13)24-15(9)25(21,22)20-16(23)19-12-5-2-10(17)3-6-12/h2-8H,1H3,(H2,19,20,23). The predicted octanol–water partition coefficient (Wildman–Crippen LogP) is 5.19. The van der Waals surface area contributed by atoms with Crippen LogP contribution in [0.25, 0.3) is 10.1 Å². The van der Waals surface area contributed by atoms with Crippen molar-refractivity contribution in [2.75, 3.05) is 5.32 Å². The first-order chi connectivity index (χ1) is 11.8. The summed E-state index contributed by atoms with van der Waals surface area (Å²) in [4.78, 5) is 0. The molecule has 0 radical (unpaired) electrons. The van der Waals surface area contributed by atoms with E-state index in [9.17, 15) is 8.42 Å². The van der Waals surface area contributed by atoms with E-state index in [2.05, 4.69) is 10.0 Å². The van der Waals surface area contributed by atoms with Crippen molar-refractivity contribution in [2.45, 2.75) is 11.1 Å². The van der Waals surface area contributed by atoms with Crippen molar-refractivity contribution in [1.29, 1.82) is 0 Å². The number of fused-ring (bicyclic) bond motifs is 1. The highest BCUT2D eigenvalue weighted by atomic mass is 35.5. The fourth-order valence-electron chi connectivity index (χ4n) is 2.29. The molecule has 1 aromatic heterocycles. The predicted molar refractivity (Wildman–Crippen MR) is 110 cm³/mol. The number of sulfonamides is 1. The molecule has 0 saturated carbocycles. The fourth-order valence-corrected chi connectivity index (χ4v) is 5.69. The summed E-state index contributed by atoms with van der Waals surface area (Å²) in [6.07, 6.45) is 0. The Kier molecular flexibility index (Phi) is 5.22. The minimum Gasteiger partial charge on any atom is -0.332 e. The molecule has 0 aliphatic rings. The van der Waals surface area contributed by atoms with Gasteiger partial charge in [0, 0.05) is 20.4 Å². The lowest BCUT2D eigenvalue weighted by molar-refractivity contribution is 0.594. The van der Waals surface area contributed by atoms with Crippen molar-refractivity contribution in [3.63, 3.8) is 0 Å². The average Bonchev–Trinajstić information content (AvgIpc) is 2.87. The quantitative estimate of drug-likeness (QED) is 0.561. The molecule has 1 heterocycles. The van der Waals surface area contributed by atoms with Gasteiger partial charge in [0.1, 0.15) is 4.21 Å². The topological polar surface area (TPSA) is 58.2 Å². The van der Waals surface area contributed by atoms with Crippen LogP contribution in [0.15, 0.2) is 46.7 Å². The van der Waals surface area contributed by atoms with Gasteiger partial charge in [0.25, 0.3) is 10.0 Å². The molecule has 3 aromatic rings. The summed E-state index contributed by atoms with van der Waals surface area (Å²) in [5, 5.41) is 4.76. The van der Waals surface area contributed by atoms with E-state index >= 15 is 0 Å². The number of thiocarbonyl (C=S) groups is 1. The molecular weight excluding hydrogens is 419 g/mol. The Morgan fingerprint density at radius 1 is 1.08 bits per heavy atom. The van der Waals surface area contributed by atoms with Crippen LogP contribution in [0.1, 0.15) is 5.56 Å². The summed E-state index contributed by atoms with van der Waals surface area (Å²) in [5.41, 5.74) is 1.28. The maximum Gasteiger partial charge on any atom is 0.273 e. The van der Waals surface area contributed by atoms with E-state index in [4.69, 9.17) is 35.4 Å². The van der Waals surface area contributed by atoms with Crippen molar-refractivity contribution in [1.82, 2.24) is 4.72 Å². The maximum atomic E-state index is 12.7. The van der Waals surface area contributed by atoms with Gasteiger partial charge in [-0.25, -0.2) is 8.42 Å². The molecule has 3 rings (SSSR count). The molecule has 0 aliphatic carbocycles. The molecule has 0 spiro atoms. The zero-order valence-corrected chi connectivity index (χ0v) is 16.8. The fraction of sp³-hybridized carbons (Fsp3) is 0.0625. The van der Waals surface area contributed by atoms with Gasteiger partial charge >= 0.3 is 0 Å². The summed E-state index contributed by atoms with van der Waals surface area (Å²) < 4.78 is 28.8. The Hall–Kier alpha value is -1.38. The van der Waals surface area contributed by atoms with Crippen LogP contribution in [-0.2, 0) is 10.0 Å². The summed E-state index contributed by atoms with van der Waals surface area (Å²) in [7, 11) is -3.80. The van der Waals surface area contributed by atoms with Gasteiger partial charge in [-0.15, -0.1) is 11.3 Å². The molecular formula is C16H12Cl2N2O2S3. The van der Waals surface area contributed by atoms with Gasteiger partial charge in [-0.1, -0.05) is 23.2 Å². The van der Waals surface area contributed by atoms with Crippen LogP contribution in [0, 0.1) is 6.92 Å². The zero-order chi connectivity index (χ0) is 18.2. The number of nitrogens with one attached hydrogen (secondary N) is 2. The molecule has 0 bridgehead atoms. The first kappa shape index (κ1) is 18.4. The molecule has 130 valence electrons. The molecule has 4 nitrogen and oxygen atoms in total. The molecule has 0 atom stereocenters. The van der Waals surface area contributed by atoms with E-state index < -0.39 is 10.0 Å². The number of rotatable bonds is 3. The van der Waals surface area contributed by atoms with E-state index in [0.29, 0.717) is 21.3 Å². The summed E-state index contributed by atoms with van der Waals surface area (Å²) >= 11 is 18.1. The first-order valence-electron chi connectivity index (χ1n) is 7.04. The third kappa shape index (κ3) is 4.07. The molecule has 0 unspecified atom stereocenters. The monoisotopic (exact) mass is 430 g/mol. The largest absolute Gasteiger partial charge is 0.332 e. The van der Waals surface area contributed by atoms with Crippen molar-refractivity contribution < 1.29 is 8.42 Å². The highest BCUT2D eigenvalue weighted by Crippen LogP contribution is 2.35. The number of hydrogen-bond donors (Lipinski definition) is 2. The smallest absolute Gasteiger partial charge is 0.273 e. The van der Waals surface area contributed by atoms with Crippen LogP contribution in [-0.4, -0.2) is 13.5 Å². The van der Waals surface area contributed by atoms with Crippen LogP contribution in [0.2, 0.25) is 10.0 Å². The normalized spacial score (nSPS) is 11.5. The van der Waals surface area contributed by atoms with Gasteiger partial charge in [0.2, 0.25) is 0 Å². The molecule has 2 aromatic carbocycles. The van der Waals surface area contributed by atoms with Crippen LogP contribution >= 0.6 is 46.8 Å². The Morgan fingerprint density at radius 2 is 1.72 bits per heavy atom. The van der Waals surface area contributed by atoms with E-state index in [0.717, 1.165) is 10.1 Å². The second kappa shape index (κ2) is 7.09. The number of benzene rings is 2. The Labute approximate surface area is 164 Å². The number of anilines is 1. The summed E-state index contributed by atoms with van der Waals surface area (Å²) in [5.74, 6) is 0. The number of thiophene rings is 1. The second-order valence-corrected chi connectivity index (χ2v) is 9.43. The van der Waals surface area contributed by atoms with Gasteiger partial charge in [-0.2, -0.15) is 0 Å². The Bertz CT molecular complexity index is 1060. The maximum absolute atomic E-state index is 12.7. The lowest BCUT2D eigenvalue weighted by Crippen LogP contribution is -2.34. The number of hydrogen-bond acceptors (Lipinski definition) is 4. The third-order valence-corrected chi connectivity index (χ3v) is 7.49. The van der Waals surface area contributed by atoms with Gasteiger partial charge in [-0.05, 0) is 72.6 Å². The van der Waals surface area contributed by atoms with Gasteiger partial charge in [-0.3, -0.25) is 4.72 Å². The van der Waals surface area contributed by atoms with Crippen molar-refractivity contribution >= 4 is 77.7 Å². The highest BCUT2D eigenvalue weighted by Gasteiger charge is 2.23. The van der Waals surface area contributed by atoms with Gasteiger partial charge in [0.15, 0.2) is 5.11 Å². The number of aryl methyl sites for hydroxylation is 1. The minimum absolute atomic E-state index is 0.0165. The van der Waals surface area contributed by atoms with Crippen molar-refractivity contribution in [2.24, 2.45) is 0 Å². The molecule has 2 N–H and O–H groups in total. The van der Waals surface area contributed by atoms with Gasteiger partial charge in [0.05, 0.1) is 0 Å². The van der Waals surface area contributed by atoms with Crippen molar-refractivity contribution in [3.05, 3.63) is 58.1 Å². The number of halogens is 2. The van der Waals surface area contributed by atoms with Crippen molar-refractivity contribution in [3.8, 4) is 0 Å². The third-order valence-electron chi connectivity index (χ3n) is 3.43. The molecule has 0 amide bonds. The summed E-state index contributed by atoms with van der Waals surface area (Å²) in [6.45, 7) is 1.75. The molecule has 0 saturated heterocycles. The average molecular weight is 431 g/mol. The molecule has 0 fully saturated rings. The molecule has 9 heteroatoms. The second-order valence-electron chi connectivity index (χ2n) is 5.22. The Balaban J connectivity index is 1.85. The molecule has 25 heavy (non-hydrogen) atoms. The van der Waals surface area contributed by atoms with Crippen LogP contribution < -0.4 is 10.0 Å². The SMILES string of the molecule is Cc1c(S(=O)(=O)NC(=S)Nc2ccc(Cl)cc2)sc2ccc(Cl)cc12. The molecule has 0 aliphatic heterocycles. The van der Waals surface area contributed by atoms with Gasteiger partial charge < -0.3 is 5.32 Å². The minimum atomic E-state index is -3.80. The first-order valence-corrected chi connectivity index (χ1v) is 10.5. The lowest BCUT2D eigenvalue weighted by atomic mass is 10.2. The zero-order valence-electron chi connectivity index (χ0n) is 12.8. The van der Waals surface area contributed by atoms with E-state index in [1.165, 1.54) is 11.3 Å².